The van der Waals surface area contributed by atoms with E-state index >= 15 is 0 Å². The van der Waals surface area contributed by atoms with Gasteiger partial charge in [0.25, 0.3) is 0 Å². The van der Waals surface area contributed by atoms with Gasteiger partial charge in [0.2, 0.25) is 0 Å². The highest BCUT2D eigenvalue weighted by Crippen LogP contribution is 2.26. The van der Waals surface area contributed by atoms with E-state index < -0.39 is 6.10 Å². The number of aliphatic imine (C=N–C) groups is 1. The molecule has 3 N–H and O–H groups in total. The van der Waals surface area contributed by atoms with Crippen molar-refractivity contribution < 1.29 is 9.84 Å². The number of nitrogens with zero attached hydrogens (tertiary/aromatic N) is 2. The Morgan fingerprint density at radius 1 is 1.17 bits per heavy atom. The van der Waals surface area contributed by atoms with Crippen molar-refractivity contribution in [3.8, 4) is 0 Å². The van der Waals surface area contributed by atoms with Gasteiger partial charge in [-0.3, -0.25) is 4.99 Å². The lowest BCUT2D eigenvalue weighted by atomic mass is 10.0. The molecule has 1 aromatic rings. The third kappa shape index (κ3) is 7.25. The summed E-state index contributed by atoms with van der Waals surface area (Å²) in [5.74, 6) is 0.798. The van der Waals surface area contributed by atoms with Gasteiger partial charge in [0.1, 0.15) is 0 Å². The molecule has 1 saturated carbocycles. The molecule has 0 spiro atoms. The number of aliphatic hydroxyl groups is 1. The Bertz CT molecular complexity index is 625. The normalized spacial score (nSPS) is 21.5. The third-order valence-electron chi connectivity index (χ3n) is 6.32. The second-order valence-corrected chi connectivity index (χ2v) is 8.65. The van der Waals surface area contributed by atoms with E-state index in [0.29, 0.717) is 12.6 Å². The predicted molar refractivity (Wildman–Crippen MR) is 123 cm³/mol. The molecular weight excluding hydrogens is 376 g/mol. The van der Waals surface area contributed by atoms with Crippen molar-refractivity contribution in [1.82, 2.24) is 15.5 Å². The molecular formula is C24H40N4O2. The smallest absolute Gasteiger partial charge is 0.191 e. The van der Waals surface area contributed by atoms with Crippen molar-refractivity contribution in [3.05, 3.63) is 35.9 Å². The monoisotopic (exact) mass is 416 g/mol. The first-order chi connectivity index (χ1) is 14.7. The molecule has 0 aromatic heterocycles. The average Bonchev–Trinajstić information content (AvgIpc) is 3.32. The van der Waals surface area contributed by atoms with E-state index in [1.54, 1.807) is 0 Å². The number of hydrogen-bond acceptors (Lipinski definition) is 4. The lowest BCUT2D eigenvalue weighted by molar-refractivity contribution is 0.00110. The summed E-state index contributed by atoms with van der Waals surface area (Å²) in [7, 11) is 0. The Morgan fingerprint density at radius 3 is 2.53 bits per heavy atom. The van der Waals surface area contributed by atoms with Crippen LogP contribution >= 0.6 is 0 Å². The highest BCUT2D eigenvalue weighted by atomic mass is 16.5. The van der Waals surface area contributed by atoms with Crippen LogP contribution in [0.5, 0.6) is 0 Å². The summed E-state index contributed by atoms with van der Waals surface area (Å²) in [4.78, 5) is 7.29. The molecule has 1 heterocycles. The van der Waals surface area contributed by atoms with Crippen LogP contribution in [0, 0.1) is 0 Å². The molecule has 30 heavy (non-hydrogen) atoms. The van der Waals surface area contributed by atoms with E-state index in [1.165, 1.54) is 38.8 Å². The number of aliphatic hydroxyl groups excluding tert-OH is 1. The molecule has 2 atom stereocenters. The number of benzene rings is 1. The molecule has 6 nitrogen and oxygen atoms in total. The van der Waals surface area contributed by atoms with Crippen LogP contribution in [0.4, 0.5) is 0 Å². The lowest BCUT2D eigenvalue weighted by Crippen LogP contribution is -2.50. The zero-order chi connectivity index (χ0) is 21.2. The van der Waals surface area contributed by atoms with Crippen molar-refractivity contribution in [1.29, 1.82) is 0 Å². The minimum absolute atomic E-state index is 0.0405. The van der Waals surface area contributed by atoms with Crippen LogP contribution in [0.2, 0.25) is 0 Å². The average molecular weight is 417 g/mol. The second-order valence-electron chi connectivity index (χ2n) is 8.65. The van der Waals surface area contributed by atoms with Crippen molar-refractivity contribution >= 4 is 5.96 Å². The van der Waals surface area contributed by atoms with E-state index in [9.17, 15) is 5.11 Å². The molecule has 0 amide bonds. The fourth-order valence-electron chi connectivity index (χ4n) is 4.52. The highest BCUT2D eigenvalue weighted by molar-refractivity contribution is 5.80. The number of guanidine groups is 1. The minimum Gasteiger partial charge on any atom is -0.389 e. The first-order valence-electron chi connectivity index (χ1n) is 11.8. The SMILES string of the molecule is CCNC(=NCC(O)COC(C)c1ccccc1)NC1CCN(C2CCCC2)CC1. The molecule has 0 bridgehead atoms. The number of likely N-dealkylation sites (tertiary alicyclic amines) is 1. The molecule has 1 saturated heterocycles. The summed E-state index contributed by atoms with van der Waals surface area (Å²) in [6, 6.07) is 11.4. The molecule has 1 aliphatic heterocycles. The van der Waals surface area contributed by atoms with Gasteiger partial charge in [0.15, 0.2) is 5.96 Å². The van der Waals surface area contributed by atoms with Crippen LogP contribution in [-0.4, -0.2) is 66.9 Å². The number of nitrogens with one attached hydrogen (secondary N) is 2. The Morgan fingerprint density at radius 2 is 1.87 bits per heavy atom. The summed E-state index contributed by atoms with van der Waals surface area (Å²) < 4.78 is 5.83. The molecule has 1 aromatic carbocycles. The maximum Gasteiger partial charge on any atom is 0.191 e. The summed E-state index contributed by atoms with van der Waals surface area (Å²) in [5, 5.41) is 17.2. The van der Waals surface area contributed by atoms with E-state index in [4.69, 9.17) is 4.74 Å². The summed E-state index contributed by atoms with van der Waals surface area (Å²) >= 11 is 0. The maximum absolute atomic E-state index is 10.3. The molecule has 2 aliphatic rings. The maximum atomic E-state index is 10.3. The first kappa shape index (κ1) is 23.0. The van der Waals surface area contributed by atoms with Gasteiger partial charge in [-0.25, -0.2) is 0 Å². The van der Waals surface area contributed by atoms with Crippen molar-refractivity contribution in [2.75, 3.05) is 32.8 Å². The Balaban J connectivity index is 1.40. The van der Waals surface area contributed by atoms with Crippen LogP contribution < -0.4 is 10.6 Å². The van der Waals surface area contributed by atoms with Crippen LogP contribution in [-0.2, 0) is 4.74 Å². The highest BCUT2D eigenvalue weighted by Gasteiger charge is 2.27. The van der Waals surface area contributed by atoms with E-state index in [2.05, 4.69) is 27.4 Å². The van der Waals surface area contributed by atoms with Gasteiger partial charge >= 0.3 is 0 Å². The van der Waals surface area contributed by atoms with E-state index in [1.807, 2.05) is 37.3 Å². The largest absolute Gasteiger partial charge is 0.389 e. The molecule has 1 aliphatic carbocycles. The zero-order valence-electron chi connectivity index (χ0n) is 18.7. The minimum atomic E-state index is -0.615. The van der Waals surface area contributed by atoms with Gasteiger partial charge in [0, 0.05) is 31.7 Å². The number of hydrogen-bond donors (Lipinski definition) is 3. The number of piperidine rings is 1. The second kappa shape index (κ2) is 12.3. The molecule has 2 fully saturated rings. The Kier molecular flexibility index (Phi) is 9.43. The number of rotatable bonds is 9. The summed E-state index contributed by atoms with van der Waals surface area (Å²) in [6.07, 6.45) is 7.21. The topological polar surface area (TPSA) is 69.1 Å². The van der Waals surface area contributed by atoms with Crippen LogP contribution in [0.25, 0.3) is 0 Å². The fraction of sp³-hybridized carbons (Fsp3) is 0.708. The van der Waals surface area contributed by atoms with Gasteiger partial charge in [-0.15, -0.1) is 0 Å². The van der Waals surface area contributed by atoms with Crippen molar-refractivity contribution in [3.63, 3.8) is 0 Å². The lowest BCUT2D eigenvalue weighted by Gasteiger charge is -2.36. The quantitative estimate of drug-likeness (QED) is 0.426. The van der Waals surface area contributed by atoms with Crippen molar-refractivity contribution in [2.24, 2.45) is 4.99 Å². The molecule has 168 valence electrons. The number of ether oxygens (including phenoxy) is 1. The zero-order valence-corrected chi connectivity index (χ0v) is 18.7. The van der Waals surface area contributed by atoms with Gasteiger partial charge < -0.3 is 25.4 Å². The summed E-state index contributed by atoms with van der Waals surface area (Å²) in [5.41, 5.74) is 1.12. The standard InChI is InChI=1S/C24H40N4O2/c1-3-25-24(27-21-13-15-28(16-14-21)22-11-7-8-12-22)26-17-23(29)18-30-19(2)20-9-5-4-6-10-20/h4-6,9-10,19,21-23,29H,3,7-8,11-18H2,1-2H3,(H2,25,26,27). The molecule has 3 rings (SSSR count). The van der Waals surface area contributed by atoms with Crippen molar-refractivity contribution in [2.45, 2.75) is 76.7 Å². The van der Waals surface area contributed by atoms with Crippen LogP contribution in [0.15, 0.2) is 35.3 Å². The van der Waals surface area contributed by atoms with Crippen LogP contribution in [0.1, 0.15) is 64.0 Å². The molecule has 2 unspecified atom stereocenters. The van der Waals surface area contributed by atoms with E-state index in [0.717, 1.165) is 37.0 Å². The van der Waals surface area contributed by atoms with E-state index in [-0.39, 0.29) is 12.7 Å². The summed E-state index contributed by atoms with van der Waals surface area (Å²) in [6.45, 7) is 7.85. The Hall–Kier alpha value is -1.63. The van der Waals surface area contributed by atoms with Gasteiger partial charge in [-0.2, -0.15) is 0 Å². The van der Waals surface area contributed by atoms with Gasteiger partial charge in [0.05, 0.1) is 25.4 Å². The van der Waals surface area contributed by atoms with Gasteiger partial charge in [-0.05, 0) is 45.1 Å². The fourth-order valence-corrected chi connectivity index (χ4v) is 4.52. The van der Waals surface area contributed by atoms with Gasteiger partial charge in [-0.1, -0.05) is 43.2 Å². The van der Waals surface area contributed by atoms with Crippen LogP contribution in [0.3, 0.4) is 0 Å². The third-order valence-corrected chi connectivity index (χ3v) is 6.32. The predicted octanol–water partition coefficient (Wildman–Crippen LogP) is 3.09. The molecule has 0 radical (unpaired) electrons. The Labute approximate surface area is 182 Å². The first-order valence-corrected chi connectivity index (χ1v) is 11.8. The molecule has 6 heteroatoms.